The van der Waals surface area contributed by atoms with Gasteiger partial charge in [-0.15, -0.1) is 0 Å². The van der Waals surface area contributed by atoms with Gasteiger partial charge in [0.2, 0.25) is 0 Å². The van der Waals surface area contributed by atoms with E-state index in [0.717, 1.165) is 6.42 Å². The van der Waals surface area contributed by atoms with E-state index in [9.17, 15) is 8.42 Å². The second-order valence-corrected chi connectivity index (χ2v) is 5.05. The number of nitrogens with two attached hydrogens (primary N) is 1. The van der Waals surface area contributed by atoms with Gasteiger partial charge in [0.05, 0.1) is 0 Å². The monoisotopic (exact) mass is 175 g/mol. The molecule has 0 aliphatic heterocycles. The first-order valence-corrected chi connectivity index (χ1v) is 5.54. The fraction of sp³-hybridized carbons (Fsp3) is 0.714. The van der Waals surface area contributed by atoms with Crippen LogP contribution in [0.2, 0.25) is 0 Å². The summed E-state index contributed by atoms with van der Waals surface area (Å²) in [7, 11) is -2.94. The molecule has 1 atom stereocenters. The van der Waals surface area contributed by atoms with Gasteiger partial charge in [0.25, 0.3) is 0 Å². The molecule has 0 aromatic carbocycles. The van der Waals surface area contributed by atoms with Crippen molar-refractivity contribution in [3.05, 3.63) is 11.0 Å². The van der Waals surface area contributed by atoms with Crippen LogP contribution in [0.5, 0.6) is 0 Å². The molecule has 0 aromatic heterocycles. The Bertz CT molecular complexity index is 266. The van der Waals surface area contributed by atoms with Crippen molar-refractivity contribution in [1.82, 2.24) is 0 Å². The van der Waals surface area contributed by atoms with E-state index in [-0.39, 0.29) is 6.04 Å². The first-order chi connectivity index (χ1) is 5.00. The highest BCUT2D eigenvalue weighted by molar-refractivity contribution is 7.94. The summed E-state index contributed by atoms with van der Waals surface area (Å²) in [5, 5.41) is 0. The zero-order chi connectivity index (χ0) is 8.48. The number of hydrogen-bond acceptors (Lipinski definition) is 3. The van der Waals surface area contributed by atoms with Crippen LogP contribution < -0.4 is 5.73 Å². The summed E-state index contributed by atoms with van der Waals surface area (Å²) in [6.45, 7) is 0. The van der Waals surface area contributed by atoms with Crippen LogP contribution in [0.1, 0.15) is 19.3 Å². The van der Waals surface area contributed by atoms with E-state index in [2.05, 4.69) is 0 Å². The van der Waals surface area contributed by atoms with Gasteiger partial charge in [-0.1, -0.05) is 6.08 Å². The van der Waals surface area contributed by atoms with Crippen molar-refractivity contribution in [3.8, 4) is 0 Å². The van der Waals surface area contributed by atoms with Crippen molar-refractivity contribution in [1.29, 1.82) is 0 Å². The second-order valence-electron chi connectivity index (χ2n) is 2.98. The lowest BCUT2D eigenvalue weighted by atomic mass is 10.0. The summed E-state index contributed by atoms with van der Waals surface area (Å²) in [6.07, 6.45) is 5.08. The molecule has 0 amide bonds. The molecule has 0 heterocycles. The van der Waals surface area contributed by atoms with Gasteiger partial charge in [0, 0.05) is 17.2 Å². The quantitative estimate of drug-likeness (QED) is 0.628. The van der Waals surface area contributed by atoms with Gasteiger partial charge in [-0.25, -0.2) is 8.42 Å². The Hall–Kier alpha value is -0.350. The van der Waals surface area contributed by atoms with Crippen molar-refractivity contribution < 1.29 is 8.42 Å². The van der Waals surface area contributed by atoms with Crippen LogP contribution in [-0.2, 0) is 9.84 Å². The van der Waals surface area contributed by atoms with E-state index >= 15 is 0 Å². The predicted molar refractivity (Wildman–Crippen MR) is 44.8 cm³/mol. The summed E-state index contributed by atoms with van der Waals surface area (Å²) in [6, 6.07) is 0.153. The molecule has 4 heteroatoms. The predicted octanol–water partition coefficient (Wildman–Crippen LogP) is 0.426. The highest BCUT2D eigenvalue weighted by Crippen LogP contribution is 2.20. The molecule has 0 aromatic rings. The molecule has 0 spiro atoms. The Morgan fingerprint density at radius 1 is 1.64 bits per heavy atom. The van der Waals surface area contributed by atoms with E-state index in [1.165, 1.54) is 6.26 Å². The van der Waals surface area contributed by atoms with Gasteiger partial charge in [-0.2, -0.15) is 0 Å². The van der Waals surface area contributed by atoms with Crippen LogP contribution in [0.15, 0.2) is 11.0 Å². The van der Waals surface area contributed by atoms with E-state index in [0.29, 0.717) is 17.7 Å². The molecule has 1 rings (SSSR count). The first kappa shape index (κ1) is 8.74. The van der Waals surface area contributed by atoms with Gasteiger partial charge in [-0.3, -0.25) is 0 Å². The molecule has 64 valence electrons. The van der Waals surface area contributed by atoms with Gasteiger partial charge in [0.1, 0.15) is 0 Å². The SMILES string of the molecule is CS(=O)(=O)C1=CCC(N)CC1. The number of hydrogen-bond donors (Lipinski definition) is 1. The number of sulfone groups is 1. The van der Waals surface area contributed by atoms with E-state index in [1.54, 1.807) is 6.08 Å². The third-order valence-corrected chi connectivity index (χ3v) is 3.21. The molecule has 1 aliphatic carbocycles. The zero-order valence-electron chi connectivity index (χ0n) is 6.58. The molecule has 0 radical (unpaired) electrons. The van der Waals surface area contributed by atoms with Crippen LogP contribution >= 0.6 is 0 Å². The fourth-order valence-corrected chi connectivity index (χ4v) is 2.05. The van der Waals surface area contributed by atoms with Gasteiger partial charge >= 0.3 is 0 Å². The van der Waals surface area contributed by atoms with Gasteiger partial charge < -0.3 is 5.73 Å². The van der Waals surface area contributed by atoms with Crippen molar-refractivity contribution in [3.63, 3.8) is 0 Å². The molecule has 2 N–H and O–H groups in total. The first-order valence-electron chi connectivity index (χ1n) is 3.65. The van der Waals surface area contributed by atoms with E-state index < -0.39 is 9.84 Å². The molecule has 0 bridgehead atoms. The standard InChI is InChI=1S/C7H13NO2S/c1-11(9,10)7-4-2-6(8)3-5-7/h4,6H,2-3,5,8H2,1H3. The van der Waals surface area contributed by atoms with Crippen molar-refractivity contribution in [2.75, 3.05) is 6.26 Å². The summed E-state index contributed by atoms with van der Waals surface area (Å²) in [4.78, 5) is 0.555. The van der Waals surface area contributed by atoms with Crippen LogP contribution in [0.4, 0.5) is 0 Å². The Labute approximate surface area is 67.2 Å². The summed E-state index contributed by atoms with van der Waals surface area (Å²) in [5.74, 6) is 0. The van der Waals surface area contributed by atoms with Crippen LogP contribution in [0, 0.1) is 0 Å². The molecular weight excluding hydrogens is 162 g/mol. The number of allylic oxidation sites excluding steroid dienone is 1. The van der Waals surface area contributed by atoms with Crippen molar-refractivity contribution in [2.24, 2.45) is 5.73 Å². The molecule has 0 fully saturated rings. The third-order valence-electron chi connectivity index (χ3n) is 1.89. The largest absolute Gasteiger partial charge is 0.327 e. The average molecular weight is 175 g/mol. The lowest BCUT2D eigenvalue weighted by Gasteiger charge is -2.16. The van der Waals surface area contributed by atoms with Crippen molar-refractivity contribution in [2.45, 2.75) is 25.3 Å². The molecule has 11 heavy (non-hydrogen) atoms. The van der Waals surface area contributed by atoms with Gasteiger partial charge in [0.15, 0.2) is 9.84 Å². The number of rotatable bonds is 1. The van der Waals surface area contributed by atoms with E-state index in [4.69, 9.17) is 5.73 Å². The minimum atomic E-state index is -2.94. The smallest absolute Gasteiger partial charge is 0.171 e. The maximum absolute atomic E-state index is 11.0. The van der Waals surface area contributed by atoms with E-state index in [1.807, 2.05) is 0 Å². The Kier molecular flexibility index (Phi) is 2.34. The maximum Gasteiger partial charge on any atom is 0.171 e. The zero-order valence-corrected chi connectivity index (χ0v) is 7.39. The Balaban J connectivity index is 2.78. The highest BCUT2D eigenvalue weighted by Gasteiger charge is 2.16. The second kappa shape index (κ2) is 2.95. The molecule has 1 unspecified atom stereocenters. The summed E-state index contributed by atoms with van der Waals surface area (Å²) >= 11 is 0. The molecular formula is C7H13NO2S. The van der Waals surface area contributed by atoms with Crippen LogP contribution in [0.3, 0.4) is 0 Å². The average Bonchev–Trinajstić information content (AvgIpc) is 1.86. The Morgan fingerprint density at radius 3 is 2.64 bits per heavy atom. The maximum atomic E-state index is 11.0. The molecule has 0 saturated carbocycles. The minimum absolute atomic E-state index is 0.153. The lowest BCUT2D eigenvalue weighted by molar-refractivity contribution is 0.580. The summed E-state index contributed by atoms with van der Waals surface area (Å²) < 4.78 is 22.0. The van der Waals surface area contributed by atoms with Crippen LogP contribution in [-0.4, -0.2) is 20.7 Å². The highest BCUT2D eigenvalue weighted by atomic mass is 32.2. The minimum Gasteiger partial charge on any atom is -0.327 e. The van der Waals surface area contributed by atoms with Crippen LogP contribution in [0.25, 0.3) is 0 Å². The van der Waals surface area contributed by atoms with Gasteiger partial charge in [-0.05, 0) is 19.3 Å². The molecule has 0 saturated heterocycles. The Morgan fingerprint density at radius 2 is 2.27 bits per heavy atom. The normalized spacial score (nSPS) is 26.4. The third kappa shape index (κ3) is 2.31. The summed E-state index contributed by atoms with van der Waals surface area (Å²) in [5.41, 5.74) is 5.60. The lowest BCUT2D eigenvalue weighted by Crippen LogP contribution is -2.23. The van der Waals surface area contributed by atoms with Crippen molar-refractivity contribution >= 4 is 9.84 Å². The topological polar surface area (TPSA) is 60.2 Å². The molecule has 3 nitrogen and oxygen atoms in total. The fourth-order valence-electron chi connectivity index (χ4n) is 1.17. The molecule has 1 aliphatic rings.